The summed E-state index contributed by atoms with van der Waals surface area (Å²) < 4.78 is 2.01. The Labute approximate surface area is 124 Å². The quantitative estimate of drug-likeness (QED) is 0.804. The molecule has 0 bridgehead atoms. The number of hydrogen-bond donors (Lipinski definition) is 2. The van der Waals surface area contributed by atoms with Gasteiger partial charge in [-0.25, -0.2) is 0 Å². The number of likely N-dealkylation sites (tertiary alicyclic amines) is 1. The van der Waals surface area contributed by atoms with Gasteiger partial charge in [-0.1, -0.05) is 0 Å². The van der Waals surface area contributed by atoms with E-state index in [4.69, 9.17) is 0 Å². The van der Waals surface area contributed by atoms with Gasteiger partial charge in [0.2, 0.25) is 5.91 Å². The van der Waals surface area contributed by atoms with E-state index in [1.807, 2.05) is 4.57 Å². The van der Waals surface area contributed by atoms with Crippen LogP contribution in [0.2, 0.25) is 0 Å². The summed E-state index contributed by atoms with van der Waals surface area (Å²) in [6, 6.07) is 0. The summed E-state index contributed by atoms with van der Waals surface area (Å²) in [5.41, 5.74) is -0.645. The molecule has 3 rings (SSSR count). The minimum Gasteiger partial charge on any atom is -0.392 e. The first-order valence-corrected chi connectivity index (χ1v) is 7.71. The van der Waals surface area contributed by atoms with E-state index in [1.165, 1.54) is 0 Å². The number of nitrogens with one attached hydrogen (secondary N) is 1. The number of carbonyl (C=O) groups is 1. The lowest BCUT2D eigenvalue weighted by Gasteiger charge is -2.46. The Morgan fingerprint density at radius 1 is 1.57 bits per heavy atom. The van der Waals surface area contributed by atoms with Gasteiger partial charge in [-0.3, -0.25) is 9.69 Å². The van der Waals surface area contributed by atoms with Crippen LogP contribution in [0.25, 0.3) is 0 Å². The van der Waals surface area contributed by atoms with Crippen LogP contribution in [0.5, 0.6) is 0 Å². The van der Waals surface area contributed by atoms with Crippen LogP contribution in [0.1, 0.15) is 32.0 Å². The van der Waals surface area contributed by atoms with E-state index in [2.05, 4.69) is 27.3 Å². The number of amides is 1. The van der Waals surface area contributed by atoms with Crippen LogP contribution in [0.3, 0.4) is 0 Å². The highest BCUT2D eigenvalue weighted by molar-refractivity contribution is 5.84. The molecule has 2 aliphatic heterocycles. The molecule has 2 fully saturated rings. The molecule has 1 aromatic heterocycles. The van der Waals surface area contributed by atoms with E-state index in [0.717, 1.165) is 38.3 Å². The number of nitrogens with zero attached hydrogens (tertiary/aromatic N) is 4. The molecule has 0 aliphatic carbocycles. The third-order valence-electron chi connectivity index (χ3n) is 4.80. The molecular weight excluding hydrogens is 270 g/mol. The number of rotatable bonds is 3. The number of aromatic nitrogens is 3. The molecule has 116 valence electrons. The Morgan fingerprint density at radius 3 is 3.19 bits per heavy atom. The summed E-state index contributed by atoms with van der Waals surface area (Å²) in [6.07, 6.45) is 3.52. The SMILES string of the molecule is CCn1cnnc1CN1CC[C@@H](O)[C@@]2(CCCNC2=O)C1. The normalized spacial score (nSPS) is 30.6. The van der Waals surface area contributed by atoms with E-state index in [-0.39, 0.29) is 5.91 Å². The number of aliphatic hydroxyl groups is 1. The zero-order chi connectivity index (χ0) is 14.9. The average molecular weight is 293 g/mol. The highest BCUT2D eigenvalue weighted by atomic mass is 16.3. The van der Waals surface area contributed by atoms with Crippen molar-refractivity contribution in [1.29, 1.82) is 0 Å². The maximum atomic E-state index is 12.3. The fraction of sp³-hybridized carbons (Fsp3) is 0.786. The van der Waals surface area contributed by atoms with Crippen molar-refractivity contribution in [3.8, 4) is 0 Å². The van der Waals surface area contributed by atoms with Gasteiger partial charge in [0.15, 0.2) is 0 Å². The standard InChI is InChI=1S/C14H23N5O2/c1-2-19-10-16-17-12(19)8-18-7-4-11(20)14(9-18)5-3-6-15-13(14)21/h10-11,20H,2-9H2,1H3,(H,15,21)/t11-,14-/m1/s1. The highest BCUT2D eigenvalue weighted by Crippen LogP contribution is 2.37. The van der Waals surface area contributed by atoms with Gasteiger partial charge in [0.1, 0.15) is 12.2 Å². The van der Waals surface area contributed by atoms with Crippen molar-refractivity contribution in [3.63, 3.8) is 0 Å². The first kappa shape index (κ1) is 14.5. The maximum Gasteiger partial charge on any atom is 0.230 e. The third-order valence-corrected chi connectivity index (χ3v) is 4.80. The van der Waals surface area contributed by atoms with Gasteiger partial charge in [-0.15, -0.1) is 10.2 Å². The van der Waals surface area contributed by atoms with E-state index < -0.39 is 11.5 Å². The molecule has 0 unspecified atom stereocenters. The van der Waals surface area contributed by atoms with Gasteiger partial charge in [0, 0.05) is 26.2 Å². The van der Waals surface area contributed by atoms with Crippen molar-refractivity contribution < 1.29 is 9.90 Å². The van der Waals surface area contributed by atoms with Crippen LogP contribution >= 0.6 is 0 Å². The second-order valence-electron chi connectivity index (χ2n) is 6.06. The molecule has 1 spiro atoms. The molecule has 0 saturated carbocycles. The molecular formula is C14H23N5O2. The molecule has 2 atom stereocenters. The van der Waals surface area contributed by atoms with Crippen LogP contribution in [0.4, 0.5) is 0 Å². The first-order chi connectivity index (χ1) is 10.2. The predicted molar refractivity (Wildman–Crippen MR) is 76.3 cm³/mol. The minimum absolute atomic E-state index is 0.00269. The van der Waals surface area contributed by atoms with Crippen LogP contribution in [0.15, 0.2) is 6.33 Å². The molecule has 0 aromatic carbocycles. The minimum atomic E-state index is -0.645. The zero-order valence-electron chi connectivity index (χ0n) is 12.5. The van der Waals surface area contributed by atoms with Gasteiger partial charge in [0.25, 0.3) is 0 Å². The number of hydrogen-bond acceptors (Lipinski definition) is 5. The Hall–Kier alpha value is -1.47. The predicted octanol–water partition coefficient (Wildman–Crippen LogP) is -0.239. The summed E-state index contributed by atoms with van der Waals surface area (Å²) >= 11 is 0. The van der Waals surface area contributed by atoms with Crippen molar-refractivity contribution in [2.75, 3.05) is 19.6 Å². The third kappa shape index (κ3) is 2.55. The average Bonchev–Trinajstić information content (AvgIpc) is 2.93. The summed E-state index contributed by atoms with van der Waals surface area (Å²) in [6.45, 7) is 5.67. The Balaban J connectivity index is 1.75. The molecule has 2 N–H and O–H groups in total. The second kappa shape index (κ2) is 5.73. The number of carbonyl (C=O) groups excluding carboxylic acids is 1. The van der Waals surface area contributed by atoms with Crippen LogP contribution in [-0.4, -0.2) is 56.4 Å². The lowest BCUT2D eigenvalue weighted by Crippen LogP contribution is -2.61. The van der Waals surface area contributed by atoms with E-state index in [9.17, 15) is 9.90 Å². The maximum absolute atomic E-state index is 12.3. The fourth-order valence-corrected chi connectivity index (χ4v) is 3.53. The molecule has 1 aromatic rings. The topological polar surface area (TPSA) is 83.3 Å². The molecule has 0 radical (unpaired) electrons. The first-order valence-electron chi connectivity index (χ1n) is 7.71. The van der Waals surface area contributed by atoms with Crippen molar-refractivity contribution in [3.05, 3.63) is 12.2 Å². The number of aliphatic hydroxyl groups excluding tert-OH is 1. The van der Waals surface area contributed by atoms with E-state index >= 15 is 0 Å². The van der Waals surface area contributed by atoms with Crippen LogP contribution < -0.4 is 5.32 Å². The van der Waals surface area contributed by atoms with Crippen molar-refractivity contribution in [1.82, 2.24) is 25.0 Å². The molecule has 3 heterocycles. The Morgan fingerprint density at radius 2 is 2.43 bits per heavy atom. The zero-order valence-corrected chi connectivity index (χ0v) is 12.5. The summed E-state index contributed by atoms with van der Waals surface area (Å²) in [4.78, 5) is 14.5. The Kier molecular flexibility index (Phi) is 3.95. The van der Waals surface area contributed by atoms with Crippen LogP contribution in [-0.2, 0) is 17.9 Å². The van der Waals surface area contributed by atoms with Gasteiger partial charge in [0.05, 0.1) is 18.1 Å². The monoisotopic (exact) mass is 293 g/mol. The van der Waals surface area contributed by atoms with E-state index in [1.54, 1.807) is 6.33 Å². The highest BCUT2D eigenvalue weighted by Gasteiger charge is 2.49. The van der Waals surface area contributed by atoms with Gasteiger partial charge >= 0.3 is 0 Å². The molecule has 7 heteroatoms. The molecule has 1 amide bonds. The number of piperidine rings is 2. The Bertz CT molecular complexity index is 517. The van der Waals surface area contributed by atoms with E-state index in [0.29, 0.717) is 19.5 Å². The van der Waals surface area contributed by atoms with Crippen LogP contribution in [0, 0.1) is 5.41 Å². The summed E-state index contributed by atoms with van der Waals surface area (Å²) in [5.74, 6) is 0.920. The molecule has 7 nitrogen and oxygen atoms in total. The molecule has 2 aliphatic rings. The van der Waals surface area contributed by atoms with Gasteiger partial charge in [-0.05, 0) is 26.2 Å². The van der Waals surface area contributed by atoms with Gasteiger partial charge < -0.3 is 15.0 Å². The largest absolute Gasteiger partial charge is 0.392 e. The van der Waals surface area contributed by atoms with Crippen molar-refractivity contribution >= 4 is 5.91 Å². The summed E-state index contributed by atoms with van der Waals surface area (Å²) in [5, 5.41) is 21.4. The smallest absolute Gasteiger partial charge is 0.230 e. The van der Waals surface area contributed by atoms with Crippen molar-refractivity contribution in [2.24, 2.45) is 5.41 Å². The lowest BCUT2D eigenvalue weighted by molar-refractivity contribution is -0.149. The van der Waals surface area contributed by atoms with Gasteiger partial charge in [-0.2, -0.15) is 0 Å². The fourth-order valence-electron chi connectivity index (χ4n) is 3.53. The molecule has 21 heavy (non-hydrogen) atoms. The lowest BCUT2D eigenvalue weighted by atomic mass is 9.71. The van der Waals surface area contributed by atoms with Crippen molar-refractivity contribution in [2.45, 2.75) is 45.4 Å². The summed E-state index contributed by atoms with van der Waals surface area (Å²) in [7, 11) is 0. The number of aryl methyl sites for hydroxylation is 1. The molecule has 2 saturated heterocycles. The second-order valence-corrected chi connectivity index (χ2v) is 6.06.